The molecule has 8 N–H and O–H groups in total. The van der Waals surface area contributed by atoms with Gasteiger partial charge in [-0.05, 0) is 44.9 Å². The standard InChI is InChI=1S/C47H89O19P3/c1-3-5-7-9-11-13-15-17-19-20-22-23-25-27-29-31-33-35-40(48)61-37-39(63-41(49)36-34-32-30-28-26-24-21-18-16-14-12-10-8-6-4-2)38-62-69(59,60)66-45-42(50)43(51)46(64-67(53,54)55)47(44(45)52)65-68(56,57)58/h12,14,18,21,39,42-47,50-52H,3-11,13,15-17,19-20,22-38H2,1-2H3,(H,59,60)(H2,53,54,55)(H2,56,57,58). The fraction of sp³-hybridized carbons (Fsp3) is 0.872. The van der Waals surface area contributed by atoms with Crippen LogP contribution in [0.1, 0.15) is 206 Å². The van der Waals surface area contributed by atoms with Crippen molar-refractivity contribution in [3.8, 4) is 0 Å². The quantitative estimate of drug-likeness (QED) is 0.0122. The van der Waals surface area contributed by atoms with Crippen LogP contribution >= 0.6 is 23.5 Å². The minimum Gasteiger partial charge on any atom is -0.462 e. The first-order valence-electron chi connectivity index (χ1n) is 25.6. The monoisotopic (exact) mass is 1050 g/mol. The van der Waals surface area contributed by atoms with Crippen LogP contribution in [-0.2, 0) is 50.9 Å². The fourth-order valence-corrected chi connectivity index (χ4v) is 10.0. The average molecular weight is 1050 g/mol. The second kappa shape index (κ2) is 39.1. The molecule has 69 heavy (non-hydrogen) atoms. The molecule has 0 aromatic rings. The molecule has 8 unspecified atom stereocenters. The van der Waals surface area contributed by atoms with E-state index in [1.807, 2.05) is 0 Å². The lowest BCUT2D eigenvalue weighted by molar-refractivity contribution is -0.213. The van der Waals surface area contributed by atoms with Crippen molar-refractivity contribution >= 4 is 35.4 Å². The molecule has 1 fully saturated rings. The number of aliphatic hydroxyl groups is 3. The summed E-state index contributed by atoms with van der Waals surface area (Å²) >= 11 is 0. The molecule has 1 rings (SSSR count). The molecule has 0 aliphatic heterocycles. The zero-order valence-corrected chi connectivity index (χ0v) is 44.1. The molecule has 1 saturated carbocycles. The Morgan fingerprint density at radius 1 is 0.464 bits per heavy atom. The van der Waals surface area contributed by atoms with Gasteiger partial charge in [0.1, 0.15) is 43.2 Å². The Hall–Kier alpha value is -1.37. The molecule has 406 valence electrons. The Morgan fingerprint density at radius 3 is 1.30 bits per heavy atom. The number of carbonyl (C=O) groups excluding carboxylic acids is 2. The Balaban J connectivity index is 2.69. The summed E-state index contributed by atoms with van der Waals surface area (Å²) in [6.45, 7) is 2.93. The van der Waals surface area contributed by atoms with Gasteiger partial charge in [0.2, 0.25) is 0 Å². The highest BCUT2D eigenvalue weighted by Crippen LogP contribution is 2.51. The highest BCUT2D eigenvalue weighted by Gasteiger charge is 2.56. The van der Waals surface area contributed by atoms with Crippen molar-refractivity contribution in [3.05, 3.63) is 24.3 Å². The number of ether oxygens (including phenoxy) is 2. The Morgan fingerprint density at radius 2 is 0.841 bits per heavy atom. The molecule has 0 bridgehead atoms. The highest BCUT2D eigenvalue weighted by atomic mass is 31.2. The number of aliphatic hydroxyl groups excluding tert-OH is 3. The molecular formula is C47H89O19P3. The van der Waals surface area contributed by atoms with Gasteiger partial charge in [-0.3, -0.25) is 27.7 Å². The molecule has 0 aromatic heterocycles. The van der Waals surface area contributed by atoms with Gasteiger partial charge >= 0.3 is 35.4 Å². The molecule has 0 aromatic carbocycles. The van der Waals surface area contributed by atoms with E-state index < -0.39 is 91.3 Å². The van der Waals surface area contributed by atoms with Crippen LogP contribution in [0.4, 0.5) is 0 Å². The van der Waals surface area contributed by atoms with Gasteiger partial charge in [0, 0.05) is 12.8 Å². The molecule has 8 atom stereocenters. The van der Waals surface area contributed by atoms with Crippen molar-refractivity contribution in [2.45, 2.75) is 249 Å². The third-order valence-electron chi connectivity index (χ3n) is 11.8. The van der Waals surface area contributed by atoms with Gasteiger partial charge in [-0.1, -0.05) is 173 Å². The van der Waals surface area contributed by atoms with Crippen LogP contribution in [0.2, 0.25) is 0 Å². The Kier molecular flexibility index (Phi) is 37.2. The second-order valence-corrected chi connectivity index (χ2v) is 21.9. The Bertz CT molecular complexity index is 1540. The molecule has 22 heteroatoms. The van der Waals surface area contributed by atoms with Gasteiger partial charge in [0.25, 0.3) is 0 Å². The van der Waals surface area contributed by atoms with Crippen molar-refractivity contribution in [3.63, 3.8) is 0 Å². The van der Waals surface area contributed by atoms with Crippen molar-refractivity contribution < 1.29 is 90.6 Å². The lowest BCUT2D eigenvalue weighted by Gasteiger charge is -2.44. The second-order valence-electron chi connectivity index (χ2n) is 18.1. The lowest BCUT2D eigenvalue weighted by atomic mass is 9.85. The van der Waals surface area contributed by atoms with E-state index in [1.54, 1.807) is 0 Å². The smallest absolute Gasteiger partial charge is 0.462 e. The van der Waals surface area contributed by atoms with E-state index >= 15 is 0 Å². The predicted molar refractivity (Wildman–Crippen MR) is 261 cm³/mol. The van der Waals surface area contributed by atoms with Gasteiger partial charge in [0.05, 0.1) is 6.61 Å². The minimum atomic E-state index is -5.60. The molecule has 0 saturated heterocycles. The van der Waals surface area contributed by atoms with E-state index in [2.05, 4.69) is 47.2 Å². The van der Waals surface area contributed by atoms with Crippen LogP contribution in [0.25, 0.3) is 0 Å². The average Bonchev–Trinajstić information content (AvgIpc) is 3.28. The maximum Gasteiger partial charge on any atom is 0.472 e. The molecule has 1 aliphatic rings. The van der Waals surface area contributed by atoms with Crippen molar-refractivity contribution in [2.75, 3.05) is 13.2 Å². The number of esters is 2. The summed E-state index contributed by atoms with van der Waals surface area (Å²) in [6.07, 6.45) is 23.3. The number of allylic oxidation sites excluding steroid dienone is 4. The number of hydrogen-bond acceptors (Lipinski definition) is 14. The fourth-order valence-electron chi connectivity index (χ4n) is 7.91. The van der Waals surface area contributed by atoms with Crippen molar-refractivity contribution in [1.29, 1.82) is 0 Å². The van der Waals surface area contributed by atoms with Crippen LogP contribution in [-0.4, -0.2) is 108 Å². The van der Waals surface area contributed by atoms with E-state index in [0.29, 0.717) is 12.8 Å². The predicted octanol–water partition coefficient (Wildman–Crippen LogP) is 9.85. The summed E-state index contributed by atoms with van der Waals surface area (Å²) in [4.78, 5) is 73.3. The maximum absolute atomic E-state index is 13.1. The molecular weight excluding hydrogens is 961 g/mol. The maximum atomic E-state index is 13.1. The number of unbranched alkanes of at least 4 members (excludes halogenated alkanes) is 24. The van der Waals surface area contributed by atoms with Crippen LogP contribution in [0.15, 0.2) is 24.3 Å². The molecule has 0 spiro atoms. The molecule has 19 nitrogen and oxygen atoms in total. The topological polar surface area (TPSA) is 303 Å². The van der Waals surface area contributed by atoms with Crippen LogP contribution in [0, 0.1) is 0 Å². The lowest BCUT2D eigenvalue weighted by Crippen LogP contribution is -2.65. The van der Waals surface area contributed by atoms with Gasteiger partial charge in [-0.25, -0.2) is 13.7 Å². The minimum absolute atomic E-state index is 0.0152. The van der Waals surface area contributed by atoms with Crippen LogP contribution in [0.3, 0.4) is 0 Å². The normalized spacial score (nSPS) is 21.5. The summed E-state index contributed by atoms with van der Waals surface area (Å²) in [6, 6.07) is 0. The summed E-state index contributed by atoms with van der Waals surface area (Å²) in [5.74, 6) is -1.30. The number of hydrogen-bond donors (Lipinski definition) is 8. The molecule has 1 aliphatic carbocycles. The van der Waals surface area contributed by atoms with E-state index in [1.165, 1.54) is 96.3 Å². The third-order valence-corrected chi connectivity index (χ3v) is 13.8. The SMILES string of the molecule is CCCCCC=CCC=CCCCCCCCC(=O)OC(COC(=O)CCCCCCCCCCCCCCCCCCC)COP(=O)(O)OC1C(O)C(O)C(OP(=O)(O)O)C(OP(=O)(O)O)C1O. The molecule has 0 heterocycles. The summed E-state index contributed by atoms with van der Waals surface area (Å²) in [5, 5.41) is 31.9. The molecule has 0 radical (unpaired) electrons. The van der Waals surface area contributed by atoms with E-state index in [0.717, 1.165) is 70.6 Å². The third kappa shape index (κ3) is 35.4. The largest absolute Gasteiger partial charge is 0.472 e. The van der Waals surface area contributed by atoms with E-state index in [-0.39, 0.29) is 12.8 Å². The zero-order valence-electron chi connectivity index (χ0n) is 41.4. The number of carbonyl (C=O) groups is 2. The summed E-state index contributed by atoms with van der Waals surface area (Å²) in [7, 11) is -16.6. The number of phosphoric ester groups is 3. The first kappa shape index (κ1) is 65.6. The zero-order chi connectivity index (χ0) is 51.4. The number of rotatable bonds is 44. The summed E-state index contributed by atoms with van der Waals surface area (Å²) in [5.41, 5.74) is 0. The molecule has 0 amide bonds. The van der Waals surface area contributed by atoms with Gasteiger partial charge < -0.3 is 49.3 Å². The van der Waals surface area contributed by atoms with Crippen molar-refractivity contribution in [1.82, 2.24) is 0 Å². The first-order valence-corrected chi connectivity index (χ1v) is 30.2. The van der Waals surface area contributed by atoms with E-state index in [9.17, 15) is 63.1 Å². The van der Waals surface area contributed by atoms with Gasteiger partial charge in [-0.2, -0.15) is 0 Å². The highest BCUT2D eigenvalue weighted by molar-refractivity contribution is 7.47. The van der Waals surface area contributed by atoms with E-state index in [4.69, 9.17) is 18.5 Å². The van der Waals surface area contributed by atoms with Crippen LogP contribution in [0.5, 0.6) is 0 Å². The summed E-state index contributed by atoms with van der Waals surface area (Å²) < 4.78 is 65.6. The van der Waals surface area contributed by atoms with Gasteiger partial charge in [-0.15, -0.1) is 0 Å². The Labute approximate surface area is 411 Å². The van der Waals surface area contributed by atoms with Crippen molar-refractivity contribution in [2.24, 2.45) is 0 Å². The van der Waals surface area contributed by atoms with Gasteiger partial charge in [0.15, 0.2) is 6.10 Å². The number of phosphoric acid groups is 3. The van der Waals surface area contributed by atoms with Crippen LogP contribution < -0.4 is 0 Å². The first-order chi connectivity index (χ1) is 32.8.